The molecule has 0 aromatic heterocycles. The van der Waals surface area contributed by atoms with Crippen molar-refractivity contribution < 1.29 is 13.3 Å². The molecule has 0 aliphatic rings. The molecule has 0 radical (unpaired) electrons. The minimum atomic E-state index is -4.22. The fraction of sp³-hybridized carbons (Fsp3) is 0.143. The van der Waals surface area contributed by atoms with Gasteiger partial charge in [0.1, 0.15) is 0 Å². The van der Waals surface area contributed by atoms with E-state index in [2.05, 4.69) is 294 Å². The molecule has 354 valence electrons. The summed E-state index contributed by atoms with van der Waals surface area (Å²) in [6.45, 7) is -5.78. The summed E-state index contributed by atoms with van der Waals surface area (Å²) < 4.78 is 26.9. The van der Waals surface area contributed by atoms with Gasteiger partial charge in [-0.1, -0.05) is 0 Å². The summed E-state index contributed by atoms with van der Waals surface area (Å²) in [7, 11) is -1.29. The van der Waals surface area contributed by atoms with E-state index in [4.69, 9.17) is 13.3 Å². The summed E-state index contributed by atoms with van der Waals surface area (Å²) in [5.41, 5.74) is 0. The average Bonchev–Trinajstić information content (AvgIpc) is 3.45. The molecule has 0 bridgehead atoms. The second-order valence-corrected chi connectivity index (χ2v) is 32.3. The Hall–Kier alpha value is -5.79. The molecule has 0 saturated carbocycles. The Morgan fingerprint density at radius 3 is 0.471 bits per heavy atom. The third kappa shape index (κ3) is 7.95. The molecule has 0 heterocycles. The van der Waals surface area contributed by atoms with Crippen LogP contribution in [0.1, 0.15) is 40.0 Å². The van der Waals surface area contributed by atoms with Crippen LogP contribution in [0.4, 0.5) is 0 Å². The van der Waals surface area contributed by atoms with Gasteiger partial charge in [0, 0.05) is 0 Å². The molecule has 70 heavy (non-hydrogen) atoms. The van der Waals surface area contributed by atoms with E-state index in [1.54, 1.807) is 0 Å². The molecule has 7 heteroatoms. The molecule has 0 spiro atoms. The molecule has 9 aromatic rings. The molecule has 0 saturated heterocycles. The van der Waals surface area contributed by atoms with Crippen LogP contribution in [0, 0.1) is 0 Å². The topological polar surface area (TPSA) is 27.7 Å². The normalized spacial score (nSPS) is 13.7. The van der Waals surface area contributed by atoms with Gasteiger partial charge in [-0.05, 0) is 0 Å². The Morgan fingerprint density at radius 1 is 0.229 bits per heavy atom. The van der Waals surface area contributed by atoms with Gasteiger partial charge in [0.25, 0.3) is 0 Å². The van der Waals surface area contributed by atoms with Crippen LogP contribution in [0.2, 0.25) is 0 Å². The monoisotopic (exact) mass is 974 g/mol. The van der Waals surface area contributed by atoms with Crippen molar-refractivity contribution in [2.45, 2.75) is 40.0 Å². The molecular formula is C63H66BO3P3. The Morgan fingerprint density at radius 2 is 0.357 bits per heavy atom. The Balaban J connectivity index is 1.53. The fourth-order valence-corrected chi connectivity index (χ4v) is 29.6. The first-order valence-corrected chi connectivity index (χ1v) is 32.1. The predicted octanol–water partition coefficient (Wildman–Crippen LogP) is 12.6. The third-order valence-corrected chi connectivity index (χ3v) is 33.0. The molecule has 3 nitrogen and oxygen atoms in total. The van der Waals surface area contributed by atoms with Crippen molar-refractivity contribution in [2.24, 2.45) is 0 Å². The number of benzene rings is 9. The van der Waals surface area contributed by atoms with Crippen molar-refractivity contribution in [1.82, 2.24) is 0 Å². The van der Waals surface area contributed by atoms with Gasteiger partial charge in [-0.15, -0.1) is 0 Å². The number of hydrogen-bond donors (Lipinski definition) is 0. The molecule has 0 atom stereocenters. The first kappa shape index (κ1) is 49.2. The predicted molar refractivity (Wildman–Crippen MR) is 310 cm³/mol. The van der Waals surface area contributed by atoms with E-state index in [1.807, 2.05) is 0 Å². The quantitative estimate of drug-likeness (QED) is 0.0530. The summed E-state index contributed by atoms with van der Waals surface area (Å²) in [5, 5.41) is 10.1. The van der Waals surface area contributed by atoms with Gasteiger partial charge in [-0.25, -0.2) is 0 Å². The molecule has 0 amide bonds. The third-order valence-electron chi connectivity index (χ3n) is 14.6. The van der Waals surface area contributed by atoms with Crippen molar-refractivity contribution in [2.75, 3.05) is 18.5 Å². The van der Waals surface area contributed by atoms with Crippen molar-refractivity contribution in [1.29, 1.82) is 0 Å². The van der Waals surface area contributed by atoms with E-state index >= 15 is 0 Å². The van der Waals surface area contributed by atoms with Gasteiger partial charge in [0.05, 0.1) is 0 Å². The van der Waals surface area contributed by atoms with Gasteiger partial charge in [0.2, 0.25) is 0 Å². The molecular weight excluding hydrogens is 908 g/mol. The molecule has 0 aliphatic carbocycles. The minimum absolute atomic E-state index is 0.699. The summed E-state index contributed by atoms with van der Waals surface area (Å²) in [4.78, 5) is 0. The average molecular weight is 975 g/mol. The first-order valence-electron chi connectivity index (χ1n) is 25.0. The SMILES string of the molecule is CCCP(OB(OP(CCC)(c1ccccc1)(c1ccccc1)c1ccccc1)OP(CCC)(c1ccccc1)(c1ccccc1)c1ccccc1)(c1ccccc1)(c1ccccc1)c1ccccc1. The van der Waals surface area contributed by atoms with Gasteiger partial charge in [-0.2, -0.15) is 0 Å². The van der Waals surface area contributed by atoms with Crippen LogP contribution in [0.3, 0.4) is 0 Å². The van der Waals surface area contributed by atoms with E-state index in [1.165, 1.54) is 0 Å². The van der Waals surface area contributed by atoms with Crippen LogP contribution >= 0.6 is 20.5 Å². The summed E-state index contributed by atoms with van der Waals surface area (Å²) in [6.07, 6.45) is 4.57. The van der Waals surface area contributed by atoms with Crippen LogP contribution in [0.25, 0.3) is 0 Å². The second kappa shape index (κ2) is 20.9. The molecule has 9 aromatic carbocycles. The zero-order valence-corrected chi connectivity index (χ0v) is 43.6. The van der Waals surface area contributed by atoms with Gasteiger partial charge in [-0.3, -0.25) is 0 Å². The molecule has 9 rings (SSSR count). The summed E-state index contributed by atoms with van der Waals surface area (Å²) in [6, 6.07) is 99.3. The van der Waals surface area contributed by atoms with Gasteiger partial charge >= 0.3 is 420 Å². The zero-order valence-electron chi connectivity index (χ0n) is 40.9. The maximum atomic E-state index is 8.96. The van der Waals surface area contributed by atoms with Gasteiger partial charge < -0.3 is 0 Å². The summed E-state index contributed by atoms with van der Waals surface area (Å²) in [5.74, 6) is 0. The van der Waals surface area contributed by atoms with E-state index in [9.17, 15) is 0 Å². The van der Waals surface area contributed by atoms with Crippen LogP contribution in [-0.4, -0.2) is 25.8 Å². The molecule has 0 unspecified atom stereocenters. The Labute approximate surface area is 418 Å². The Bertz CT molecular complexity index is 2390. The number of rotatable bonds is 21. The molecule has 0 fully saturated rings. The second-order valence-electron chi connectivity index (χ2n) is 18.4. The fourth-order valence-electron chi connectivity index (χ4n) is 11.8. The molecule has 0 N–H and O–H groups in total. The van der Waals surface area contributed by atoms with E-state index in [0.29, 0.717) is 18.5 Å². The van der Waals surface area contributed by atoms with E-state index in [0.717, 1.165) is 67.0 Å². The zero-order chi connectivity index (χ0) is 48.3. The van der Waals surface area contributed by atoms with Gasteiger partial charge in [0.15, 0.2) is 0 Å². The van der Waals surface area contributed by atoms with Crippen molar-refractivity contribution >= 4 is 75.6 Å². The van der Waals surface area contributed by atoms with Crippen molar-refractivity contribution in [3.05, 3.63) is 273 Å². The standard InChI is InChI=1S/C63H66BO3P3/c1-4-52-68(55-34-16-7-17-35-55,56-36-18-8-19-37-56,57-38-20-9-21-39-57)65-64(66-69(53-5-2,58-40-22-10-23-41-58,59-42-24-11-25-43-59)60-44-26-12-27-45-60)67-70(54-6-3,61-46-28-13-29-47-61,62-48-30-14-31-49-62)63-50-32-15-33-51-63/h7-51H,4-6,52-54H2,1-3H3. The first-order chi connectivity index (χ1) is 34.4. The van der Waals surface area contributed by atoms with Crippen LogP contribution in [0.5, 0.6) is 0 Å². The van der Waals surface area contributed by atoms with E-state index < -0.39 is 27.8 Å². The Kier molecular flexibility index (Phi) is 14.7. The summed E-state index contributed by atoms with van der Waals surface area (Å²) >= 11 is 0. The van der Waals surface area contributed by atoms with Crippen LogP contribution in [-0.2, 0) is 13.3 Å². The van der Waals surface area contributed by atoms with Crippen molar-refractivity contribution in [3.63, 3.8) is 0 Å². The van der Waals surface area contributed by atoms with E-state index in [-0.39, 0.29) is 0 Å². The molecule has 0 aliphatic heterocycles. The maximum absolute atomic E-state index is 8.96. The van der Waals surface area contributed by atoms with Crippen LogP contribution in [0.15, 0.2) is 273 Å². The van der Waals surface area contributed by atoms with Crippen molar-refractivity contribution in [3.8, 4) is 0 Å². The number of hydrogen-bond acceptors (Lipinski definition) is 3. The van der Waals surface area contributed by atoms with Crippen LogP contribution < -0.4 is 47.7 Å².